The van der Waals surface area contributed by atoms with Crippen LogP contribution in [0.4, 0.5) is 0 Å². The fraction of sp³-hybridized carbons (Fsp3) is 0.375. The van der Waals surface area contributed by atoms with E-state index in [-0.39, 0.29) is 11.8 Å². The van der Waals surface area contributed by atoms with Gasteiger partial charge in [-0.15, -0.1) is 22.7 Å². The SMILES string of the molecule is CN(CCCCN(C)C(=O)c1cccs1)C(=O)c1cccs1. The van der Waals surface area contributed by atoms with Crippen LogP contribution in [0.1, 0.15) is 32.2 Å². The van der Waals surface area contributed by atoms with Crippen LogP contribution in [0.2, 0.25) is 0 Å². The molecule has 0 bridgehead atoms. The van der Waals surface area contributed by atoms with Crippen molar-refractivity contribution in [1.29, 1.82) is 0 Å². The number of rotatable bonds is 7. The van der Waals surface area contributed by atoms with Gasteiger partial charge in [0, 0.05) is 27.2 Å². The van der Waals surface area contributed by atoms with Gasteiger partial charge in [-0.3, -0.25) is 9.59 Å². The second-order valence-corrected chi connectivity index (χ2v) is 7.01. The molecule has 118 valence electrons. The topological polar surface area (TPSA) is 40.6 Å². The van der Waals surface area contributed by atoms with Gasteiger partial charge < -0.3 is 9.80 Å². The van der Waals surface area contributed by atoms with E-state index in [2.05, 4.69) is 0 Å². The first-order chi connectivity index (χ1) is 10.6. The highest BCUT2D eigenvalue weighted by Gasteiger charge is 2.14. The molecule has 2 aromatic heterocycles. The molecule has 0 aliphatic heterocycles. The van der Waals surface area contributed by atoms with Gasteiger partial charge in [-0.2, -0.15) is 0 Å². The standard InChI is InChI=1S/C16H20N2O2S2/c1-17(15(19)13-7-5-11-21-13)9-3-4-10-18(2)16(20)14-8-6-12-22-14/h5-8,11-12H,3-4,9-10H2,1-2H3. The van der Waals surface area contributed by atoms with E-state index in [1.807, 2.05) is 49.1 Å². The minimum Gasteiger partial charge on any atom is -0.341 e. The molecule has 0 unspecified atom stereocenters. The number of hydrogen-bond donors (Lipinski definition) is 0. The molecule has 0 aromatic carbocycles. The van der Waals surface area contributed by atoms with E-state index in [1.165, 1.54) is 22.7 Å². The number of nitrogens with zero attached hydrogens (tertiary/aromatic N) is 2. The first kappa shape index (κ1) is 16.7. The summed E-state index contributed by atoms with van der Waals surface area (Å²) in [5.74, 6) is 0.135. The predicted octanol–water partition coefficient (Wildman–Crippen LogP) is 3.43. The Kier molecular flexibility index (Phi) is 6.15. The van der Waals surface area contributed by atoms with E-state index in [9.17, 15) is 9.59 Å². The molecule has 2 aromatic rings. The molecule has 2 rings (SSSR count). The second kappa shape index (κ2) is 8.10. The van der Waals surface area contributed by atoms with Crippen LogP contribution in [-0.4, -0.2) is 48.8 Å². The Bertz CT molecular complexity index is 539. The highest BCUT2D eigenvalue weighted by Crippen LogP contribution is 2.13. The summed E-state index contributed by atoms with van der Waals surface area (Å²) < 4.78 is 0. The van der Waals surface area contributed by atoms with Crippen LogP contribution in [0.25, 0.3) is 0 Å². The summed E-state index contributed by atoms with van der Waals surface area (Å²) in [6.07, 6.45) is 1.77. The van der Waals surface area contributed by atoms with Crippen molar-refractivity contribution < 1.29 is 9.59 Å². The van der Waals surface area contributed by atoms with Gasteiger partial charge in [0.05, 0.1) is 9.75 Å². The maximum atomic E-state index is 12.1. The lowest BCUT2D eigenvalue weighted by molar-refractivity contribution is 0.0771. The van der Waals surface area contributed by atoms with E-state index in [1.54, 1.807) is 9.80 Å². The van der Waals surface area contributed by atoms with Crippen molar-refractivity contribution in [3.8, 4) is 0 Å². The second-order valence-electron chi connectivity index (χ2n) is 5.12. The number of hydrogen-bond acceptors (Lipinski definition) is 4. The highest BCUT2D eigenvalue weighted by atomic mass is 32.1. The van der Waals surface area contributed by atoms with E-state index in [0.29, 0.717) is 13.1 Å². The zero-order chi connectivity index (χ0) is 15.9. The Morgan fingerprint density at radius 3 is 1.59 bits per heavy atom. The number of carbonyl (C=O) groups is 2. The fourth-order valence-electron chi connectivity index (χ4n) is 2.08. The van der Waals surface area contributed by atoms with Crippen LogP contribution in [0.3, 0.4) is 0 Å². The molecule has 0 spiro atoms. The lowest BCUT2D eigenvalue weighted by Crippen LogP contribution is -2.29. The fourth-order valence-corrected chi connectivity index (χ4v) is 3.51. The molecule has 0 saturated carbocycles. The quantitative estimate of drug-likeness (QED) is 0.727. The largest absolute Gasteiger partial charge is 0.341 e. The van der Waals surface area contributed by atoms with Crippen LogP contribution < -0.4 is 0 Å². The van der Waals surface area contributed by atoms with Gasteiger partial charge in [-0.25, -0.2) is 0 Å². The Hall–Kier alpha value is -1.66. The first-order valence-electron chi connectivity index (χ1n) is 7.17. The molecule has 0 fully saturated rings. The molecular weight excluding hydrogens is 316 g/mol. The smallest absolute Gasteiger partial charge is 0.263 e. The molecule has 4 nitrogen and oxygen atoms in total. The lowest BCUT2D eigenvalue weighted by Gasteiger charge is -2.19. The Balaban J connectivity index is 1.68. The van der Waals surface area contributed by atoms with Gasteiger partial charge in [0.2, 0.25) is 0 Å². The number of unbranched alkanes of at least 4 members (excludes halogenated alkanes) is 1. The molecular formula is C16H20N2O2S2. The average molecular weight is 336 g/mol. The summed E-state index contributed by atoms with van der Waals surface area (Å²) in [5, 5.41) is 3.82. The van der Waals surface area contributed by atoms with Crippen molar-refractivity contribution in [3.63, 3.8) is 0 Å². The summed E-state index contributed by atoms with van der Waals surface area (Å²) in [6.45, 7) is 1.41. The van der Waals surface area contributed by atoms with Gasteiger partial charge in [0.25, 0.3) is 11.8 Å². The normalized spacial score (nSPS) is 10.5. The molecule has 0 aliphatic rings. The third kappa shape index (κ3) is 4.42. The van der Waals surface area contributed by atoms with Gasteiger partial charge in [0.15, 0.2) is 0 Å². The molecule has 2 amide bonds. The summed E-state index contributed by atoms with van der Waals surface area (Å²) >= 11 is 2.93. The lowest BCUT2D eigenvalue weighted by atomic mass is 10.2. The zero-order valence-corrected chi connectivity index (χ0v) is 14.5. The molecule has 22 heavy (non-hydrogen) atoms. The van der Waals surface area contributed by atoms with E-state index in [0.717, 1.165) is 22.6 Å². The van der Waals surface area contributed by atoms with Gasteiger partial charge in [0.1, 0.15) is 0 Å². The van der Waals surface area contributed by atoms with Gasteiger partial charge >= 0.3 is 0 Å². The summed E-state index contributed by atoms with van der Waals surface area (Å²) in [6, 6.07) is 7.46. The summed E-state index contributed by atoms with van der Waals surface area (Å²) in [5.41, 5.74) is 0. The number of carbonyl (C=O) groups excluding carboxylic acids is 2. The molecule has 2 heterocycles. The predicted molar refractivity (Wildman–Crippen MR) is 91.8 cm³/mol. The minimum atomic E-state index is 0.0676. The van der Waals surface area contributed by atoms with Crippen molar-refractivity contribution in [3.05, 3.63) is 44.8 Å². The van der Waals surface area contributed by atoms with E-state index in [4.69, 9.17) is 0 Å². The third-order valence-electron chi connectivity index (χ3n) is 3.39. The van der Waals surface area contributed by atoms with Crippen molar-refractivity contribution in [1.82, 2.24) is 9.80 Å². The molecule has 0 saturated heterocycles. The monoisotopic (exact) mass is 336 g/mol. The van der Waals surface area contributed by atoms with Crippen LogP contribution >= 0.6 is 22.7 Å². The van der Waals surface area contributed by atoms with Crippen LogP contribution in [0.5, 0.6) is 0 Å². The van der Waals surface area contributed by atoms with Crippen molar-refractivity contribution >= 4 is 34.5 Å². The van der Waals surface area contributed by atoms with Crippen molar-refractivity contribution in [2.45, 2.75) is 12.8 Å². The molecule has 6 heteroatoms. The van der Waals surface area contributed by atoms with Crippen molar-refractivity contribution in [2.24, 2.45) is 0 Å². The highest BCUT2D eigenvalue weighted by molar-refractivity contribution is 7.12. The van der Waals surface area contributed by atoms with Crippen LogP contribution in [0.15, 0.2) is 35.0 Å². The molecule has 0 radical (unpaired) electrons. The maximum absolute atomic E-state index is 12.1. The van der Waals surface area contributed by atoms with Gasteiger partial charge in [-0.05, 0) is 35.7 Å². The molecule has 0 atom stereocenters. The van der Waals surface area contributed by atoms with Crippen LogP contribution in [-0.2, 0) is 0 Å². The third-order valence-corrected chi connectivity index (χ3v) is 5.11. The average Bonchev–Trinajstić information content (AvgIpc) is 3.22. The number of thiophene rings is 2. The number of amides is 2. The summed E-state index contributed by atoms with van der Waals surface area (Å²) in [4.78, 5) is 29.2. The minimum absolute atomic E-state index is 0.0676. The Labute approximate surface area is 139 Å². The Morgan fingerprint density at radius 2 is 1.27 bits per heavy atom. The first-order valence-corrected chi connectivity index (χ1v) is 8.93. The maximum Gasteiger partial charge on any atom is 0.263 e. The summed E-state index contributed by atoms with van der Waals surface area (Å²) in [7, 11) is 3.64. The van der Waals surface area contributed by atoms with Gasteiger partial charge in [-0.1, -0.05) is 12.1 Å². The molecule has 0 aliphatic carbocycles. The van der Waals surface area contributed by atoms with Crippen LogP contribution in [0, 0.1) is 0 Å². The van der Waals surface area contributed by atoms with E-state index >= 15 is 0 Å². The molecule has 0 N–H and O–H groups in total. The zero-order valence-electron chi connectivity index (χ0n) is 12.8. The van der Waals surface area contributed by atoms with E-state index < -0.39 is 0 Å². The Morgan fingerprint density at radius 1 is 0.864 bits per heavy atom. The van der Waals surface area contributed by atoms with Crippen molar-refractivity contribution in [2.75, 3.05) is 27.2 Å².